The first-order valence-electron chi connectivity index (χ1n) is 5.40. The zero-order valence-corrected chi connectivity index (χ0v) is 10.3. The van der Waals surface area contributed by atoms with Gasteiger partial charge in [0.1, 0.15) is 24.0 Å². The number of nitrogens with two attached hydrogens (primary N) is 1. The van der Waals surface area contributed by atoms with Gasteiger partial charge in [-0.15, -0.1) is 0 Å². The Bertz CT molecular complexity index is 534. The minimum absolute atomic E-state index is 0.125. The molecule has 1 aromatic carbocycles. The number of nitrogens with zero attached hydrogens (tertiary/aromatic N) is 3. The fourth-order valence-electron chi connectivity index (χ4n) is 1.78. The van der Waals surface area contributed by atoms with Crippen LogP contribution in [-0.4, -0.2) is 29.2 Å². The van der Waals surface area contributed by atoms with Gasteiger partial charge in [-0.3, -0.25) is 10.4 Å². The first kappa shape index (κ1) is 12.6. The van der Waals surface area contributed by atoms with Gasteiger partial charge in [-0.25, -0.2) is 0 Å². The number of nitriles is 1. The largest absolute Gasteiger partial charge is 0.341 e. The van der Waals surface area contributed by atoms with Crippen molar-refractivity contribution >= 4 is 23.7 Å². The Labute approximate surface area is 110 Å². The number of hydrogen-bond acceptors (Lipinski definition) is 5. The van der Waals surface area contributed by atoms with Crippen molar-refractivity contribution in [2.75, 3.05) is 0 Å². The summed E-state index contributed by atoms with van der Waals surface area (Å²) in [4.78, 5) is 5.86. The standard InChI is InChI=1S/C12H12ClN5/c13-9-4-2-1-3-8(9)6-18-7-17-11(12(18)16)10(15)5-14/h1-4,7,11-12,15H,6,16H2. The third kappa shape index (κ3) is 2.35. The van der Waals surface area contributed by atoms with E-state index in [9.17, 15) is 0 Å². The lowest BCUT2D eigenvalue weighted by Crippen LogP contribution is -2.46. The molecule has 0 bridgehead atoms. The summed E-state index contributed by atoms with van der Waals surface area (Å²) in [6.45, 7) is 0.513. The van der Waals surface area contributed by atoms with E-state index < -0.39 is 12.2 Å². The van der Waals surface area contributed by atoms with Crippen LogP contribution in [0.1, 0.15) is 5.56 Å². The normalized spacial score (nSPS) is 21.9. The predicted molar refractivity (Wildman–Crippen MR) is 70.6 cm³/mol. The van der Waals surface area contributed by atoms with Crippen LogP contribution in [0.15, 0.2) is 29.3 Å². The third-order valence-electron chi connectivity index (χ3n) is 2.81. The zero-order chi connectivity index (χ0) is 13.1. The molecule has 2 unspecified atom stereocenters. The molecule has 2 atom stereocenters. The smallest absolute Gasteiger partial charge is 0.137 e. The SMILES string of the molecule is N#CC(=N)C1N=CN(Cc2ccccc2Cl)C1N. The van der Waals surface area contributed by atoms with Gasteiger partial charge in [0.2, 0.25) is 0 Å². The number of benzene rings is 1. The summed E-state index contributed by atoms with van der Waals surface area (Å²) in [5.74, 6) is 0. The van der Waals surface area contributed by atoms with Gasteiger partial charge >= 0.3 is 0 Å². The summed E-state index contributed by atoms with van der Waals surface area (Å²) in [6, 6.07) is 8.66. The van der Waals surface area contributed by atoms with E-state index in [2.05, 4.69) is 4.99 Å². The number of rotatable bonds is 3. The van der Waals surface area contributed by atoms with Crippen LogP contribution in [0.2, 0.25) is 5.02 Å². The molecule has 5 nitrogen and oxygen atoms in total. The van der Waals surface area contributed by atoms with Crippen molar-refractivity contribution in [3.63, 3.8) is 0 Å². The molecule has 1 aliphatic rings. The summed E-state index contributed by atoms with van der Waals surface area (Å²) < 4.78 is 0. The summed E-state index contributed by atoms with van der Waals surface area (Å²) in [6.07, 6.45) is 1.08. The highest BCUT2D eigenvalue weighted by molar-refractivity contribution is 6.31. The minimum Gasteiger partial charge on any atom is -0.341 e. The highest BCUT2D eigenvalue weighted by atomic mass is 35.5. The fourth-order valence-corrected chi connectivity index (χ4v) is 1.98. The molecule has 0 saturated heterocycles. The van der Waals surface area contributed by atoms with E-state index in [-0.39, 0.29) is 5.71 Å². The third-order valence-corrected chi connectivity index (χ3v) is 3.18. The highest BCUT2D eigenvalue weighted by Crippen LogP contribution is 2.20. The minimum atomic E-state index is -0.586. The molecule has 0 aliphatic carbocycles. The quantitative estimate of drug-likeness (QED) is 0.806. The lowest BCUT2D eigenvalue weighted by Gasteiger charge is -2.23. The molecular weight excluding hydrogens is 250 g/mol. The van der Waals surface area contributed by atoms with Gasteiger partial charge in [-0.1, -0.05) is 29.8 Å². The van der Waals surface area contributed by atoms with E-state index in [1.165, 1.54) is 0 Å². The topological polar surface area (TPSA) is 89.3 Å². The Morgan fingerprint density at radius 3 is 2.94 bits per heavy atom. The van der Waals surface area contributed by atoms with Crippen LogP contribution in [-0.2, 0) is 6.54 Å². The maximum absolute atomic E-state index is 8.69. The van der Waals surface area contributed by atoms with Crippen molar-refractivity contribution in [1.82, 2.24) is 4.90 Å². The molecule has 0 amide bonds. The first-order chi connectivity index (χ1) is 8.63. The Kier molecular flexibility index (Phi) is 3.60. The monoisotopic (exact) mass is 261 g/mol. The van der Waals surface area contributed by atoms with Crippen LogP contribution in [0.4, 0.5) is 0 Å². The maximum Gasteiger partial charge on any atom is 0.137 e. The Balaban J connectivity index is 2.10. The van der Waals surface area contributed by atoms with Gasteiger partial charge in [-0.05, 0) is 11.6 Å². The van der Waals surface area contributed by atoms with E-state index in [4.69, 9.17) is 28.0 Å². The van der Waals surface area contributed by atoms with Gasteiger partial charge in [0, 0.05) is 11.6 Å². The van der Waals surface area contributed by atoms with Crippen LogP contribution >= 0.6 is 11.6 Å². The average molecular weight is 262 g/mol. The first-order valence-corrected chi connectivity index (χ1v) is 5.78. The number of nitrogens with one attached hydrogen (secondary N) is 1. The Hall–Kier alpha value is -1.90. The molecule has 1 aliphatic heterocycles. The van der Waals surface area contributed by atoms with E-state index in [0.29, 0.717) is 11.6 Å². The molecule has 0 aromatic heterocycles. The maximum atomic E-state index is 8.69. The molecule has 18 heavy (non-hydrogen) atoms. The van der Waals surface area contributed by atoms with Crippen LogP contribution < -0.4 is 5.73 Å². The van der Waals surface area contributed by atoms with E-state index in [1.807, 2.05) is 24.3 Å². The Morgan fingerprint density at radius 2 is 2.28 bits per heavy atom. The van der Waals surface area contributed by atoms with Crippen molar-refractivity contribution in [2.45, 2.75) is 18.8 Å². The van der Waals surface area contributed by atoms with Crippen LogP contribution in [0.25, 0.3) is 0 Å². The van der Waals surface area contributed by atoms with Crippen LogP contribution in [0.3, 0.4) is 0 Å². The molecule has 0 spiro atoms. The molecule has 2 rings (SSSR count). The van der Waals surface area contributed by atoms with E-state index >= 15 is 0 Å². The second-order valence-corrected chi connectivity index (χ2v) is 4.40. The predicted octanol–water partition coefficient (Wildman–Crippen LogP) is 1.38. The second-order valence-electron chi connectivity index (χ2n) is 3.99. The molecule has 0 radical (unpaired) electrons. The highest BCUT2D eigenvalue weighted by Gasteiger charge is 2.30. The number of hydrogen-bond donors (Lipinski definition) is 2. The van der Waals surface area contributed by atoms with Gasteiger partial charge in [-0.2, -0.15) is 5.26 Å². The average Bonchev–Trinajstić information content (AvgIpc) is 2.73. The van der Waals surface area contributed by atoms with Crippen molar-refractivity contribution in [1.29, 1.82) is 10.7 Å². The number of aliphatic imine (C=N–C) groups is 1. The van der Waals surface area contributed by atoms with Crippen molar-refractivity contribution in [2.24, 2.45) is 10.7 Å². The van der Waals surface area contributed by atoms with E-state index in [1.54, 1.807) is 17.3 Å². The zero-order valence-electron chi connectivity index (χ0n) is 9.55. The molecular formula is C12H12ClN5. The molecule has 1 aromatic rings. The van der Waals surface area contributed by atoms with Gasteiger partial charge in [0.05, 0.1) is 6.34 Å². The van der Waals surface area contributed by atoms with Crippen molar-refractivity contribution in [3.05, 3.63) is 34.9 Å². The second kappa shape index (κ2) is 5.17. The van der Waals surface area contributed by atoms with Crippen LogP contribution in [0.5, 0.6) is 0 Å². The lowest BCUT2D eigenvalue weighted by atomic mass is 10.1. The van der Waals surface area contributed by atoms with Gasteiger partial charge in [0.25, 0.3) is 0 Å². The summed E-state index contributed by atoms with van der Waals surface area (Å²) >= 11 is 6.07. The van der Waals surface area contributed by atoms with E-state index in [0.717, 1.165) is 5.56 Å². The van der Waals surface area contributed by atoms with Crippen molar-refractivity contribution in [3.8, 4) is 6.07 Å². The molecule has 3 N–H and O–H groups in total. The molecule has 92 valence electrons. The molecule has 1 heterocycles. The summed E-state index contributed by atoms with van der Waals surface area (Å²) in [5.41, 5.74) is 6.77. The lowest BCUT2D eigenvalue weighted by molar-refractivity contribution is 0.335. The van der Waals surface area contributed by atoms with Gasteiger partial charge in [0.15, 0.2) is 0 Å². The fraction of sp³-hybridized carbons (Fsp3) is 0.250. The van der Waals surface area contributed by atoms with Gasteiger partial charge < -0.3 is 10.6 Å². The van der Waals surface area contributed by atoms with Crippen molar-refractivity contribution < 1.29 is 0 Å². The number of halogens is 1. The molecule has 0 fully saturated rings. The molecule has 6 heteroatoms. The summed E-state index contributed by atoms with van der Waals surface area (Å²) in [5, 5.41) is 16.8. The molecule has 0 saturated carbocycles. The van der Waals surface area contributed by atoms with Crippen LogP contribution in [0, 0.1) is 16.7 Å². The Morgan fingerprint density at radius 1 is 1.56 bits per heavy atom. The summed E-state index contributed by atoms with van der Waals surface area (Å²) in [7, 11) is 0.